The van der Waals surface area contributed by atoms with E-state index in [4.69, 9.17) is 9.47 Å². The van der Waals surface area contributed by atoms with Gasteiger partial charge in [0, 0.05) is 29.4 Å². The number of hydrogen-bond acceptors (Lipinski definition) is 3. The second kappa shape index (κ2) is 6.14. The van der Waals surface area contributed by atoms with Gasteiger partial charge in [-0.2, -0.15) is 0 Å². The largest absolute Gasteiger partial charge is 0.348 e. The Bertz CT molecular complexity index is 432. The van der Waals surface area contributed by atoms with E-state index in [1.165, 1.54) is 5.56 Å². The standard InChI is InChI=1S/C16H22BrNO2/c1-12(13-2-4-14(17)5-3-13)18-15-6-8-16(9-7-15)19-10-11-20-16/h2-5,12,15,18H,6-11H2,1H3. The van der Waals surface area contributed by atoms with E-state index in [-0.39, 0.29) is 5.79 Å². The molecule has 1 atom stereocenters. The van der Waals surface area contributed by atoms with Crippen LogP contribution in [0, 0.1) is 0 Å². The Morgan fingerprint density at radius 2 is 1.75 bits per heavy atom. The molecular weight excluding hydrogens is 318 g/mol. The Hall–Kier alpha value is -0.420. The van der Waals surface area contributed by atoms with Crippen molar-refractivity contribution in [2.24, 2.45) is 0 Å². The highest BCUT2D eigenvalue weighted by atomic mass is 79.9. The first-order valence-electron chi connectivity index (χ1n) is 7.46. The summed E-state index contributed by atoms with van der Waals surface area (Å²) >= 11 is 3.48. The van der Waals surface area contributed by atoms with Crippen LogP contribution >= 0.6 is 15.9 Å². The molecule has 2 fully saturated rings. The molecule has 1 heterocycles. The minimum atomic E-state index is -0.251. The van der Waals surface area contributed by atoms with Crippen LogP contribution < -0.4 is 5.32 Å². The topological polar surface area (TPSA) is 30.5 Å². The maximum Gasteiger partial charge on any atom is 0.168 e. The monoisotopic (exact) mass is 339 g/mol. The number of benzene rings is 1. The molecule has 4 heteroatoms. The SMILES string of the molecule is CC(NC1CCC2(CC1)OCCO2)c1ccc(Br)cc1. The first kappa shape index (κ1) is 14.5. The normalized spacial score (nSPS) is 24.1. The number of nitrogens with one attached hydrogen (secondary N) is 1. The van der Waals surface area contributed by atoms with Crippen molar-refractivity contribution in [1.82, 2.24) is 5.32 Å². The molecule has 110 valence electrons. The van der Waals surface area contributed by atoms with Gasteiger partial charge in [0.05, 0.1) is 13.2 Å². The van der Waals surface area contributed by atoms with Crippen molar-refractivity contribution in [2.45, 2.75) is 50.5 Å². The maximum absolute atomic E-state index is 5.78. The van der Waals surface area contributed by atoms with E-state index in [0.29, 0.717) is 12.1 Å². The quantitative estimate of drug-likeness (QED) is 0.908. The lowest BCUT2D eigenvalue weighted by Crippen LogP contribution is -2.42. The Balaban J connectivity index is 1.52. The minimum absolute atomic E-state index is 0.251. The zero-order valence-corrected chi connectivity index (χ0v) is 13.5. The van der Waals surface area contributed by atoms with E-state index in [1.54, 1.807) is 0 Å². The van der Waals surface area contributed by atoms with E-state index in [0.717, 1.165) is 43.4 Å². The van der Waals surface area contributed by atoms with Gasteiger partial charge in [0.15, 0.2) is 5.79 Å². The average molecular weight is 340 g/mol. The van der Waals surface area contributed by atoms with E-state index in [9.17, 15) is 0 Å². The predicted molar refractivity (Wildman–Crippen MR) is 82.6 cm³/mol. The summed E-state index contributed by atoms with van der Waals surface area (Å²) in [5.41, 5.74) is 1.34. The zero-order chi connectivity index (χ0) is 14.0. The molecule has 2 aliphatic rings. The lowest BCUT2D eigenvalue weighted by molar-refractivity contribution is -0.179. The van der Waals surface area contributed by atoms with Crippen LogP contribution in [-0.4, -0.2) is 25.0 Å². The van der Waals surface area contributed by atoms with Crippen LogP contribution in [0.15, 0.2) is 28.7 Å². The van der Waals surface area contributed by atoms with Crippen molar-refractivity contribution < 1.29 is 9.47 Å². The average Bonchev–Trinajstić information content (AvgIpc) is 2.91. The van der Waals surface area contributed by atoms with Gasteiger partial charge in [0.2, 0.25) is 0 Å². The van der Waals surface area contributed by atoms with Crippen LogP contribution in [0.2, 0.25) is 0 Å². The Morgan fingerprint density at radius 3 is 2.35 bits per heavy atom. The molecule has 0 radical (unpaired) electrons. The third kappa shape index (κ3) is 3.25. The summed E-state index contributed by atoms with van der Waals surface area (Å²) in [6, 6.07) is 9.50. The first-order chi connectivity index (χ1) is 9.67. The number of ether oxygens (including phenoxy) is 2. The second-order valence-corrected chi connectivity index (χ2v) is 6.74. The minimum Gasteiger partial charge on any atom is -0.348 e. The molecule has 1 aromatic rings. The molecule has 0 amide bonds. The van der Waals surface area contributed by atoms with Crippen molar-refractivity contribution in [3.8, 4) is 0 Å². The van der Waals surface area contributed by atoms with Crippen LogP contribution in [0.3, 0.4) is 0 Å². The summed E-state index contributed by atoms with van der Waals surface area (Å²) in [5, 5.41) is 3.73. The highest BCUT2D eigenvalue weighted by Crippen LogP contribution is 2.36. The summed E-state index contributed by atoms with van der Waals surface area (Å²) in [6.45, 7) is 3.75. The second-order valence-electron chi connectivity index (χ2n) is 5.82. The molecule has 0 bridgehead atoms. The molecular formula is C16H22BrNO2. The Labute approximate surface area is 129 Å². The smallest absolute Gasteiger partial charge is 0.168 e. The Kier molecular flexibility index (Phi) is 4.46. The molecule has 1 saturated carbocycles. The van der Waals surface area contributed by atoms with Gasteiger partial charge in [-0.25, -0.2) is 0 Å². The van der Waals surface area contributed by atoms with Crippen LogP contribution in [-0.2, 0) is 9.47 Å². The highest BCUT2D eigenvalue weighted by molar-refractivity contribution is 9.10. The van der Waals surface area contributed by atoms with Gasteiger partial charge in [0.1, 0.15) is 0 Å². The molecule has 1 saturated heterocycles. The van der Waals surface area contributed by atoms with Gasteiger partial charge in [-0.15, -0.1) is 0 Å². The summed E-state index contributed by atoms with van der Waals surface area (Å²) in [4.78, 5) is 0. The van der Waals surface area contributed by atoms with Crippen LogP contribution in [0.4, 0.5) is 0 Å². The predicted octanol–water partition coefficient (Wildman–Crippen LogP) is 3.79. The van der Waals surface area contributed by atoms with Gasteiger partial charge in [0.25, 0.3) is 0 Å². The fourth-order valence-corrected chi connectivity index (χ4v) is 3.48. The Morgan fingerprint density at radius 1 is 1.15 bits per heavy atom. The molecule has 3 nitrogen and oxygen atoms in total. The van der Waals surface area contributed by atoms with Gasteiger partial charge in [-0.05, 0) is 37.5 Å². The fourth-order valence-electron chi connectivity index (χ4n) is 3.21. The molecule has 1 spiro atoms. The van der Waals surface area contributed by atoms with Gasteiger partial charge in [-0.1, -0.05) is 28.1 Å². The van der Waals surface area contributed by atoms with E-state index < -0.39 is 0 Å². The van der Waals surface area contributed by atoms with Crippen molar-refractivity contribution in [2.75, 3.05) is 13.2 Å². The van der Waals surface area contributed by atoms with E-state index in [1.807, 2.05) is 0 Å². The van der Waals surface area contributed by atoms with E-state index in [2.05, 4.69) is 52.4 Å². The van der Waals surface area contributed by atoms with Gasteiger partial charge < -0.3 is 14.8 Å². The zero-order valence-electron chi connectivity index (χ0n) is 11.9. The van der Waals surface area contributed by atoms with Crippen LogP contribution in [0.25, 0.3) is 0 Å². The number of halogens is 1. The van der Waals surface area contributed by atoms with Gasteiger partial charge in [-0.3, -0.25) is 0 Å². The van der Waals surface area contributed by atoms with Crippen molar-refractivity contribution in [3.05, 3.63) is 34.3 Å². The van der Waals surface area contributed by atoms with Crippen LogP contribution in [0.1, 0.15) is 44.2 Å². The third-order valence-corrected chi connectivity index (χ3v) is 4.95. The molecule has 1 aliphatic heterocycles. The molecule has 20 heavy (non-hydrogen) atoms. The molecule has 1 aliphatic carbocycles. The molecule has 0 aromatic heterocycles. The lowest BCUT2D eigenvalue weighted by Gasteiger charge is -2.36. The van der Waals surface area contributed by atoms with Crippen molar-refractivity contribution in [1.29, 1.82) is 0 Å². The third-order valence-electron chi connectivity index (χ3n) is 4.42. The van der Waals surface area contributed by atoms with E-state index >= 15 is 0 Å². The number of rotatable bonds is 3. The molecule has 1 N–H and O–H groups in total. The lowest BCUT2D eigenvalue weighted by atomic mass is 9.89. The van der Waals surface area contributed by atoms with Crippen molar-refractivity contribution >= 4 is 15.9 Å². The fraction of sp³-hybridized carbons (Fsp3) is 0.625. The summed E-state index contributed by atoms with van der Waals surface area (Å²) in [5.74, 6) is -0.251. The molecule has 1 unspecified atom stereocenters. The first-order valence-corrected chi connectivity index (χ1v) is 8.26. The number of hydrogen-bond donors (Lipinski definition) is 1. The molecule has 3 rings (SSSR count). The summed E-state index contributed by atoms with van der Waals surface area (Å²) in [7, 11) is 0. The van der Waals surface area contributed by atoms with Crippen LogP contribution in [0.5, 0.6) is 0 Å². The highest BCUT2D eigenvalue weighted by Gasteiger charge is 2.40. The molecule has 1 aromatic carbocycles. The summed E-state index contributed by atoms with van der Waals surface area (Å²) in [6.07, 6.45) is 4.27. The maximum atomic E-state index is 5.78. The van der Waals surface area contributed by atoms with Crippen molar-refractivity contribution in [3.63, 3.8) is 0 Å². The summed E-state index contributed by atoms with van der Waals surface area (Å²) < 4.78 is 12.7. The van der Waals surface area contributed by atoms with Gasteiger partial charge >= 0.3 is 0 Å².